The third-order valence-corrected chi connectivity index (χ3v) is 8.76. The highest BCUT2D eigenvalue weighted by atomic mass is 16.6. The second-order valence-electron chi connectivity index (χ2n) is 10.7. The molecule has 174 valence electrons. The Bertz CT molecular complexity index is 960. The van der Waals surface area contributed by atoms with Gasteiger partial charge in [-0.2, -0.15) is 0 Å². The summed E-state index contributed by atoms with van der Waals surface area (Å²) < 4.78 is 5.68. The highest BCUT2D eigenvalue weighted by molar-refractivity contribution is 5.95. The number of amides is 1. The first kappa shape index (κ1) is 23.0. The molecule has 1 amide bonds. The third-order valence-electron chi connectivity index (χ3n) is 8.76. The number of hydrogen-bond acceptors (Lipinski definition) is 6. The van der Waals surface area contributed by atoms with E-state index in [2.05, 4.69) is 19.8 Å². The summed E-state index contributed by atoms with van der Waals surface area (Å²) in [4.78, 5) is 28.1. The molecule has 4 aliphatic carbocycles. The van der Waals surface area contributed by atoms with Crippen LogP contribution in [0.4, 0.5) is 4.79 Å². The zero-order chi connectivity index (χ0) is 23.8. The van der Waals surface area contributed by atoms with Gasteiger partial charge in [-0.15, -0.1) is 6.42 Å². The molecule has 0 aliphatic heterocycles. The molecule has 0 aromatic heterocycles. The van der Waals surface area contributed by atoms with Crippen molar-refractivity contribution in [2.24, 2.45) is 34.5 Å². The van der Waals surface area contributed by atoms with E-state index in [0.29, 0.717) is 17.9 Å². The Hall–Kier alpha value is -2.14. The zero-order valence-corrected chi connectivity index (χ0v) is 19.3. The number of hydrogen-bond donors (Lipinski definition) is 3. The van der Waals surface area contributed by atoms with Gasteiger partial charge in [0.15, 0.2) is 17.5 Å². The number of fused-ring (bicyclic) bond motifs is 3. The molecule has 32 heavy (non-hydrogen) atoms. The largest absolute Gasteiger partial charge is 0.438 e. The lowest BCUT2D eigenvalue weighted by atomic mass is 9.59. The number of ketones is 1. The summed E-state index contributed by atoms with van der Waals surface area (Å²) in [6.45, 7) is 7.40. The molecule has 4 aliphatic rings. The third kappa shape index (κ3) is 2.66. The summed E-state index contributed by atoms with van der Waals surface area (Å²) in [7, 11) is 1.48. The molecule has 2 saturated carbocycles. The Morgan fingerprint density at radius 1 is 1.41 bits per heavy atom. The highest BCUT2D eigenvalue weighted by Gasteiger charge is 2.76. The lowest BCUT2D eigenvalue weighted by molar-refractivity contribution is -0.191. The number of terminal acetylenes is 1. The normalized spacial score (nSPS) is 43.5. The topological polar surface area (TPSA) is 107 Å². The summed E-state index contributed by atoms with van der Waals surface area (Å²) in [5, 5.41) is 33.7. The highest BCUT2D eigenvalue weighted by Crippen LogP contribution is 2.71. The molecule has 7 nitrogen and oxygen atoms in total. The number of carbonyl (C=O) groups excluding carboxylic acids is 2. The molecule has 7 heteroatoms. The van der Waals surface area contributed by atoms with Gasteiger partial charge < -0.3 is 25.0 Å². The van der Waals surface area contributed by atoms with Crippen LogP contribution < -0.4 is 0 Å². The standard InChI is InChI=1S/C25H33NO6/c1-7-8-26(6)22(30)32-21-13(2)11-24-14(3)9-17-18(23(17,4)5)16(20(24)29)10-15(12-27)19(28)25(21,24)31/h1,10-11,14,16-19,21,27-28,31H,8-9,12H2,2-6H3/t14-,16+,17-,18+,19-,21+,24+,25+/m1/s1. The molecule has 0 aromatic carbocycles. The molecule has 2 bridgehead atoms. The summed E-state index contributed by atoms with van der Waals surface area (Å²) in [6.07, 6.45) is 5.77. The van der Waals surface area contributed by atoms with Crippen molar-refractivity contribution in [3.63, 3.8) is 0 Å². The van der Waals surface area contributed by atoms with Crippen LogP contribution in [-0.4, -0.2) is 70.1 Å². The maximum absolute atomic E-state index is 14.2. The van der Waals surface area contributed by atoms with E-state index in [-0.39, 0.29) is 35.2 Å². The van der Waals surface area contributed by atoms with Gasteiger partial charge in [-0.3, -0.25) is 4.79 Å². The van der Waals surface area contributed by atoms with Gasteiger partial charge in [-0.1, -0.05) is 38.8 Å². The molecular formula is C25H33NO6. The van der Waals surface area contributed by atoms with Gasteiger partial charge in [-0.05, 0) is 47.7 Å². The number of rotatable bonds is 3. The Labute approximate surface area is 189 Å². The number of Topliss-reactive ketones (excluding diaryl/α,β-unsaturated/α-hetero) is 1. The molecular weight excluding hydrogens is 410 g/mol. The smallest absolute Gasteiger partial charge is 0.411 e. The number of nitrogens with zero attached hydrogens (tertiary/aromatic N) is 1. The van der Waals surface area contributed by atoms with E-state index in [0.717, 1.165) is 0 Å². The van der Waals surface area contributed by atoms with Crippen LogP contribution in [0.15, 0.2) is 23.3 Å². The molecule has 2 fully saturated rings. The second kappa shape index (κ2) is 7.18. The number of aliphatic hydroxyl groups excluding tert-OH is 2. The van der Waals surface area contributed by atoms with E-state index >= 15 is 0 Å². The fourth-order valence-electron chi connectivity index (χ4n) is 6.99. The number of carbonyl (C=O) groups is 2. The first-order valence-corrected chi connectivity index (χ1v) is 11.2. The lowest BCUT2D eigenvalue weighted by Gasteiger charge is -2.48. The zero-order valence-electron chi connectivity index (χ0n) is 19.3. The van der Waals surface area contributed by atoms with Crippen LogP contribution >= 0.6 is 0 Å². The predicted octanol–water partition coefficient (Wildman–Crippen LogP) is 1.52. The van der Waals surface area contributed by atoms with Gasteiger partial charge >= 0.3 is 6.09 Å². The number of allylic oxidation sites excluding steroid dienone is 1. The van der Waals surface area contributed by atoms with Crippen molar-refractivity contribution in [3.8, 4) is 12.3 Å². The van der Waals surface area contributed by atoms with Crippen LogP contribution in [-0.2, 0) is 9.53 Å². The number of ether oxygens (including phenoxy) is 1. The van der Waals surface area contributed by atoms with Crippen LogP contribution in [0.25, 0.3) is 0 Å². The van der Waals surface area contributed by atoms with Crippen LogP contribution in [0.3, 0.4) is 0 Å². The monoisotopic (exact) mass is 443 g/mol. The summed E-state index contributed by atoms with van der Waals surface area (Å²) in [5.41, 5.74) is -2.92. The van der Waals surface area contributed by atoms with Gasteiger partial charge in [0, 0.05) is 13.0 Å². The Kier molecular flexibility index (Phi) is 5.17. The molecule has 0 unspecified atom stereocenters. The lowest BCUT2D eigenvalue weighted by Crippen LogP contribution is -2.66. The van der Waals surface area contributed by atoms with Crippen molar-refractivity contribution in [2.45, 2.75) is 51.9 Å². The van der Waals surface area contributed by atoms with E-state index in [1.54, 1.807) is 19.1 Å². The maximum atomic E-state index is 14.2. The van der Waals surface area contributed by atoms with E-state index in [1.807, 2.05) is 6.92 Å². The minimum absolute atomic E-state index is 0.0120. The van der Waals surface area contributed by atoms with Crippen molar-refractivity contribution in [1.82, 2.24) is 4.90 Å². The Morgan fingerprint density at radius 2 is 2.06 bits per heavy atom. The Balaban J connectivity index is 1.86. The van der Waals surface area contributed by atoms with E-state index in [9.17, 15) is 24.9 Å². The predicted molar refractivity (Wildman–Crippen MR) is 117 cm³/mol. The molecule has 4 rings (SSSR count). The molecule has 0 aromatic rings. The SMILES string of the molecule is C#CCN(C)C(=O)O[C@H]1C(C)=C[C@]23C(=O)[C@@H](C=C(CO)[C@@H](O)[C@]12O)[C@H]1[C@@H](C[C@H]3C)C1(C)C. The number of aliphatic hydroxyl groups is 3. The first-order chi connectivity index (χ1) is 14.9. The average molecular weight is 444 g/mol. The first-order valence-electron chi connectivity index (χ1n) is 11.2. The van der Waals surface area contributed by atoms with E-state index in [1.165, 1.54) is 11.9 Å². The van der Waals surface area contributed by atoms with Crippen LogP contribution in [0.2, 0.25) is 0 Å². The molecule has 0 heterocycles. The van der Waals surface area contributed by atoms with E-state index in [4.69, 9.17) is 11.2 Å². The van der Waals surface area contributed by atoms with Gasteiger partial charge in [0.1, 0.15) is 6.10 Å². The average Bonchev–Trinajstić information content (AvgIpc) is 3.22. The van der Waals surface area contributed by atoms with Crippen LogP contribution in [0, 0.1) is 46.8 Å². The second-order valence-corrected chi connectivity index (χ2v) is 10.7. The minimum atomic E-state index is -2.13. The van der Waals surface area contributed by atoms with Gasteiger partial charge in [0.25, 0.3) is 0 Å². The van der Waals surface area contributed by atoms with E-state index < -0.39 is 41.8 Å². The van der Waals surface area contributed by atoms with Crippen molar-refractivity contribution < 1.29 is 29.6 Å². The Morgan fingerprint density at radius 3 is 2.66 bits per heavy atom. The molecule has 8 atom stereocenters. The molecule has 1 spiro atoms. The van der Waals surface area contributed by atoms with Gasteiger partial charge in [-0.25, -0.2) is 4.79 Å². The molecule has 3 N–H and O–H groups in total. The minimum Gasteiger partial charge on any atom is -0.438 e. The molecule has 0 saturated heterocycles. The van der Waals surface area contributed by atoms with Crippen molar-refractivity contribution in [1.29, 1.82) is 0 Å². The van der Waals surface area contributed by atoms with Gasteiger partial charge in [0.2, 0.25) is 0 Å². The van der Waals surface area contributed by atoms with Crippen molar-refractivity contribution in [3.05, 3.63) is 23.3 Å². The van der Waals surface area contributed by atoms with Crippen LogP contribution in [0.1, 0.15) is 34.1 Å². The van der Waals surface area contributed by atoms with Crippen molar-refractivity contribution >= 4 is 11.9 Å². The van der Waals surface area contributed by atoms with Crippen molar-refractivity contribution in [2.75, 3.05) is 20.2 Å². The molecule has 0 radical (unpaired) electrons. The summed E-state index contributed by atoms with van der Waals surface area (Å²) >= 11 is 0. The van der Waals surface area contributed by atoms with Gasteiger partial charge in [0.05, 0.1) is 18.6 Å². The summed E-state index contributed by atoms with van der Waals surface area (Å²) in [5.74, 6) is 1.71. The summed E-state index contributed by atoms with van der Waals surface area (Å²) in [6, 6.07) is 0. The van der Waals surface area contributed by atoms with Crippen LogP contribution in [0.5, 0.6) is 0 Å². The fraction of sp³-hybridized carbons (Fsp3) is 0.680. The fourth-order valence-corrected chi connectivity index (χ4v) is 6.99. The maximum Gasteiger partial charge on any atom is 0.411 e. The quantitative estimate of drug-likeness (QED) is 0.451.